The summed E-state index contributed by atoms with van der Waals surface area (Å²) >= 11 is 0. The zero-order chi connectivity index (χ0) is 14.0. The van der Waals surface area contributed by atoms with E-state index in [0.29, 0.717) is 0 Å². The number of nitro benzene ring substituents is 1. The number of nitrogens with one attached hydrogen (secondary N) is 2. The molecule has 0 bridgehead atoms. The molecule has 1 heterocycles. The average Bonchev–Trinajstić information content (AvgIpc) is 2.85. The molecule has 0 saturated carbocycles. The number of aromatic nitrogens is 2. The summed E-state index contributed by atoms with van der Waals surface area (Å²) in [6.07, 6.45) is 2.16. The number of nitrogens with zero attached hydrogens (tertiary/aromatic N) is 2. The van der Waals surface area contributed by atoms with Crippen LogP contribution in [0.25, 0.3) is 0 Å². The van der Waals surface area contributed by atoms with E-state index in [1.165, 1.54) is 0 Å². The summed E-state index contributed by atoms with van der Waals surface area (Å²) in [6, 6.07) is 2.54. The van der Waals surface area contributed by atoms with Crippen LogP contribution in [-0.2, 0) is 10.0 Å². The van der Waals surface area contributed by atoms with Crippen molar-refractivity contribution in [3.8, 4) is 0 Å². The van der Waals surface area contributed by atoms with Crippen LogP contribution in [0.3, 0.4) is 0 Å². The molecule has 0 unspecified atom stereocenters. The number of aromatic amines is 1. The van der Waals surface area contributed by atoms with E-state index in [1.807, 2.05) is 4.72 Å². The van der Waals surface area contributed by atoms with Gasteiger partial charge in [0.1, 0.15) is 5.82 Å². The Labute approximate surface area is 106 Å². The normalized spacial score (nSPS) is 11.2. The molecule has 19 heavy (non-hydrogen) atoms. The van der Waals surface area contributed by atoms with Gasteiger partial charge in [0.15, 0.2) is 5.03 Å². The number of hydrogen-bond acceptors (Lipinski definition) is 5. The summed E-state index contributed by atoms with van der Waals surface area (Å²) in [5, 5.41) is 10.3. The first kappa shape index (κ1) is 13.0. The van der Waals surface area contributed by atoms with Gasteiger partial charge in [0.25, 0.3) is 15.7 Å². The third kappa shape index (κ3) is 2.68. The highest BCUT2D eigenvalue weighted by molar-refractivity contribution is 7.92. The van der Waals surface area contributed by atoms with E-state index < -0.39 is 32.1 Å². The lowest BCUT2D eigenvalue weighted by atomic mass is 10.3. The number of halogens is 1. The second-order valence-corrected chi connectivity index (χ2v) is 5.09. The van der Waals surface area contributed by atoms with Gasteiger partial charge in [-0.25, -0.2) is 9.37 Å². The Hall–Kier alpha value is -2.49. The van der Waals surface area contributed by atoms with Gasteiger partial charge in [0.05, 0.1) is 23.1 Å². The van der Waals surface area contributed by atoms with E-state index in [4.69, 9.17) is 0 Å². The first-order valence-corrected chi connectivity index (χ1v) is 6.33. The Morgan fingerprint density at radius 1 is 1.42 bits per heavy atom. The SMILES string of the molecule is O=[N+]([O-])c1ccc(F)c(NS(=O)(=O)c2cnc[nH]2)c1. The number of imidazole rings is 1. The van der Waals surface area contributed by atoms with E-state index in [-0.39, 0.29) is 5.03 Å². The van der Waals surface area contributed by atoms with Crippen LogP contribution in [0.1, 0.15) is 0 Å². The molecule has 0 radical (unpaired) electrons. The summed E-state index contributed by atoms with van der Waals surface area (Å²) in [5.74, 6) is -0.923. The maximum Gasteiger partial charge on any atom is 0.279 e. The molecule has 0 aliphatic carbocycles. The van der Waals surface area contributed by atoms with Gasteiger partial charge in [-0.3, -0.25) is 14.8 Å². The van der Waals surface area contributed by atoms with Gasteiger partial charge >= 0.3 is 0 Å². The number of hydrogen-bond donors (Lipinski definition) is 2. The van der Waals surface area contributed by atoms with Crippen LogP contribution in [0, 0.1) is 15.9 Å². The topological polar surface area (TPSA) is 118 Å². The molecule has 0 aliphatic rings. The summed E-state index contributed by atoms with van der Waals surface area (Å²) in [4.78, 5) is 15.7. The Balaban J connectivity index is 2.39. The summed E-state index contributed by atoms with van der Waals surface area (Å²) in [5.41, 5.74) is -0.937. The second-order valence-electron chi connectivity index (χ2n) is 3.44. The monoisotopic (exact) mass is 286 g/mol. The lowest BCUT2D eigenvalue weighted by molar-refractivity contribution is -0.384. The highest BCUT2D eigenvalue weighted by Gasteiger charge is 2.19. The van der Waals surface area contributed by atoms with Crippen LogP contribution in [-0.4, -0.2) is 23.3 Å². The molecule has 0 fully saturated rings. The standard InChI is InChI=1S/C9H7FN4O4S/c10-7-2-1-6(14(15)16)3-8(7)13-19(17,18)9-4-11-5-12-9/h1-5,13H,(H,11,12). The molecule has 2 rings (SSSR count). The second kappa shape index (κ2) is 4.65. The molecule has 0 atom stereocenters. The third-order valence-corrected chi connectivity index (χ3v) is 3.46. The minimum Gasteiger partial charge on any atom is -0.334 e. The first-order chi connectivity index (χ1) is 8.90. The lowest BCUT2D eigenvalue weighted by Gasteiger charge is -2.06. The third-order valence-electron chi connectivity index (χ3n) is 2.17. The van der Waals surface area contributed by atoms with Gasteiger partial charge in [-0.1, -0.05) is 0 Å². The zero-order valence-corrected chi connectivity index (χ0v) is 10.0. The van der Waals surface area contributed by atoms with E-state index in [0.717, 1.165) is 30.7 Å². The van der Waals surface area contributed by atoms with E-state index in [2.05, 4.69) is 9.97 Å². The van der Waals surface area contributed by atoms with Crippen molar-refractivity contribution in [1.82, 2.24) is 9.97 Å². The van der Waals surface area contributed by atoms with E-state index >= 15 is 0 Å². The molecular weight excluding hydrogens is 279 g/mol. The smallest absolute Gasteiger partial charge is 0.279 e. The van der Waals surface area contributed by atoms with Crippen molar-refractivity contribution in [2.24, 2.45) is 0 Å². The van der Waals surface area contributed by atoms with Crippen LogP contribution in [0.4, 0.5) is 15.8 Å². The van der Waals surface area contributed by atoms with Crippen molar-refractivity contribution in [2.75, 3.05) is 4.72 Å². The van der Waals surface area contributed by atoms with Crippen molar-refractivity contribution in [1.29, 1.82) is 0 Å². The number of anilines is 1. The molecule has 0 amide bonds. The van der Waals surface area contributed by atoms with Crippen molar-refractivity contribution in [3.63, 3.8) is 0 Å². The van der Waals surface area contributed by atoms with Crippen molar-refractivity contribution < 1.29 is 17.7 Å². The van der Waals surface area contributed by atoms with Gasteiger partial charge in [-0.05, 0) is 6.07 Å². The van der Waals surface area contributed by atoms with Crippen molar-refractivity contribution in [3.05, 3.63) is 46.7 Å². The summed E-state index contributed by atoms with van der Waals surface area (Å²) in [6.45, 7) is 0. The number of H-pyrrole nitrogens is 1. The van der Waals surface area contributed by atoms with Gasteiger partial charge in [-0.2, -0.15) is 8.42 Å². The largest absolute Gasteiger partial charge is 0.334 e. The minimum absolute atomic E-state index is 0.279. The lowest BCUT2D eigenvalue weighted by Crippen LogP contribution is -2.14. The number of sulfonamides is 1. The molecule has 1 aromatic heterocycles. The highest BCUT2D eigenvalue weighted by atomic mass is 32.2. The molecule has 100 valence electrons. The Morgan fingerprint density at radius 3 is 2.74 bits per heavy atom. The predicted molar refractivity (Wildman–Crippen MR) is 62.5 cm³/mol. The fourth-order valence-corrected chi connectivity index (χ4v) is 2.26. The molecule has 8 nitrogen and oxygen atoms in total. The molecule has 2 aromatic rings. The number of rotatable bonds is 4. The van der Waals surface area contributed by atoms with Gasteiger partial charge in [0, 0.05) is 12.1 Å². The van der Waals surface area contributed by atoms with Crippen molar-refractivity contribution >= 4 is 21.4 Å². The average molecular weight is 286 g/mol. The van der Waals surface area contributed by atoms with Crippen LogP contribution in [0.2, 0.25) is 0 Å². The number of benzene rings is 1. The van der Waals surface area contributed by atoms with Gasteiger partial charge < -0.3 is 4.98 Å². The predicted octanol–water partition coefficient (Wildman–Crippen LogP) is 1.26. The molecule has 0 aliphatic heterocycles. The fraction of sp³-hybridized carbons (Fsp3) is 0. The highest BCUT2D eigenvalue weighted by Crippen LogP contribution is 2.23. The molecular formula is C9H7FN4O4S. The molecule has 10 heteroatoms. The first-order valence-electron chi connectivity index (χ1n) is 4.85. The zero-order valence-electron chi connectivity index (χ0n) is 9.20. The van der Waals surface area contributed by atoms with E-state index in [9.17, 15) is 22.9 Å². The molecule has 1 aromatic carbocycles. The van der Waals surface area contributed by atoms with Crippen LogP contribution < -0.4 is 4.72 Å². The summed E-state index contributed by atoms with van der Waals surface area (Å²) in [7, 11) is -4.07. The fourth-order valence-electron chi connectivity index (χ4n) is 1.29. The Bertz CT molecular complexity index is 714. The van der Waals surface area contributed by atoms with Gasteiger partial charge in [-0.15, -0.1) is 0 Å². The van der Waals surface area contributed by atoms with E-state index in [1.54, 1.807) is 0 Å². The Morgan fingerprint density at radius 2 is 2.16 bits per heavy atom. The van der Waals surface area contributed by atoms with Crippen LogP contribution in [0.5, 0.6) is 0 Å². The molecule has 2 N–H and O–H groups in total. The quantitative estimate of drug-likeness (QED) is 0.648. The van der Waals surface area contributed by atoms with Crippen LogP contribution >= 0.6 is 0 Å². The van der Waals surface area contributed by atoms with Crippen molar-refractivity contribution in [2.45, 2.75) is 5.03 Å². The maximum atomic E-state index is 13.4. The Kier molecular flexibility index (Phi) is 3.17. The van der Waals surface area contributed by atoms with Gasteiger partial charge in [0.2, 0.25) is 0 Å². The summed E-state index contributed by atoms with van der Waals surface area (Å²) < 4.78 is 38.9. The molecule has 0 saturated heterocycles. The maximum absolute atomic E-state index is 13.4. The number of non-ortho nitro benzene ring substituents is 1. The number of nitro groups is 1. The minimum atomic E-state index is -4.07. The molecule has 0 spiro atoms. The van der Waals surface area contributed by atoms with Crippen LogP contribution in [0.15, 0.2) is 35.7 Å².